The molecule has 2 aromatic heterocycles. The molecule has 0 saturated heterocycles. The molecule has 116 valence electrons. The highest BCUT2D eigenvalue weighted by atomic mass is 79.9. The standard InChI is InChI=1S/C16H10BrNO3S2/c17-11-5-2-1-4-9(11)10-8-23-15(13(10)16(20)21)18-14(19)12-6-3-7-22-12/h1-8H,(H,18,19)(H,20,21). The van der Waals surface area contributed by atoms with Crippen molar-refractivity contribution in [1.29, 1.82) is 0 Å². The van der Waals surface area contributed by atoms with E-state index < -0.39 is 5.97 Å². The molecule has 1 aromatic carbocycles. The van der Waals surface area contributed by atoms with Gasteiger partial charge in [-0.05, 0) is 23.1 Å². The van der Waals surface area contributed by atoms with Crippen molar-refractivity contribution in [2.24, 2.45) is 0 Å². The van der Waals surface area contributed by atoms with Crippen LogP contribution in [0, 0.1) is 0 Å². The smallest absolute Gasteiger partial charge is 0.339 e. The van der Waals surface area contributed by atoms with Crippen LogP contribution in [-0.2, 0) is 0 Å². The number of carbonyl (C=O) groups excluding carboxylic acids is 1. The Morgan fingerprint density at radius 2 is 1.83 bits per heavy atom. The Bertz CT molecular complexity index is 871. The third-order valence-electron chi connectivity index (χ3n) is 3.14. The lowest BCUT2D eigenvalue weighted by Gasteiger charge is -2.06. The normalized spacial score (nSPS) is 10.5. The number of rotatable bonds is 4. The first-order chi connectivity index (χ1) is 11.1. The van der Waals surface area contributed by atoms with Crippen LogP contribution in [0.5, 0.6) is 0 Å². The molecule has 0 atom stereocenters. The van der Waals surface area contributed by atoms with Gasteiger partial charge in [-0.25, -0.2) is 4.79 Å². The molecule has 0 aliphatic rings. The van der Waals surface area contributed by atoms with Gasteiger partial charge in [0.05, 0.1) is 4.88 Å². The Morgan fingerprint density at radius 3 is 2.48 bits per heavy atom. The second kappa shape index (κ2) is 6.66. The van der Waals surface area contributed by atoms with Gasteiger partial charge in [-0.1, -0.05) is 40.2 Å². The Labute approximate surface area is 148 Å². The quantitative estimate of drug-likeness (QED) is 0.625. The van der Waals surface area contributed by atoms with E-state index in [0.717, 1.165) is 10.0 Å². The van der Waals surface area contributed by atoms with Crippen LogP contribution >= 0.6 is 38.6 Å². The van der Waals surface area contributed by atoms with E-state index in [1.807, 2.05) is 24.3 Å². The number of carbonyl (C=O) groups is 2. The van der Waals surface area contributed by atoms with E-state index in [-0.39, 0.29) is 11.5 Å². The van der Waals surface area contributed by atoms with Crippen LogP contribution in [0.25, 0.3) is 11.1 Å². The first-order valence-electron chi connectivity index (χ1n) is 6.52. The maximum Gasteiger partial charge on any atom is 0.339 e. The first-order valence-corrected chi connectivity index (χ1v) is 9.07. The number of aromatic carboxylic acids is 1. The van der Waals surface area contributed by atoms with Crippen LogP contribution in [0.1, 0.15) is 20.0 Å². The van der Waals surface area contributed by atoms with Crippen molar-refractivity contribution in [3.05, 3.63) is 62.1 Å². The van der Waals surface area contributed by atoms with Gasteiger partial charge in [0.1, 0.15) is 10.6 Å². The molecule has 0 saturated carbocycles. The Hall–Kier alpha value is -1.96. The molecular weight excluding hydrogens is 398 g/mol. The molecule has 0 fully saturated rings. The van der Waals surface area contributed by atoms with E-state index in [9.17, 15) is 14.7 Å². The Morgan fingerprint density at radius 1 is 1.04 bits per heavy atom. The second-order valence-corrected chi connectivity index (χ2v) is 7.25. The molecule has 3 rings (SSSR count). The van der Waals surface area contributed by atoms with Gasteiger partial charge in [0.2, 0.25) is 0 Å². The van der Waals surface area contributed by atoms with Gasteiger partial charge in [-0.15, -0.1) is 22.7 Å². The second-order valence-electron chi connectivity index (χ2n) is 4.57. The highest BCUT2D eigenvalue weighted by Gasteiger charge is 2.22. The zero-order valence-electron chi connectivity index (χ0n) is 11.6. The minimum absolute atomic E-state index is 0.104. The highest BCUT2D eigenvalue weighted by molar-refractivity contribution is 9.10. The predicted molar refractivity (Wildman–Crippen MR) is 96.7 cm³/mol. The molecule has 2 heterocycles. The van der Waals surface area contributed by atoms with Gasteiger partial charge < -0.3 is 10.4 Å². The lowest BCUT2D eigenvalue weighted by Crippen LogP contribution is -2.12. The summed E-state index contributed by atoms with van der Waals surface area (Å²) in [5.41, 5.74) is 1.46. The average molecular weight is 408 g/mol. The lowest BCUT2D eigenvalue weighted by atomic mass is 10.0. The minimum Gasteiger partial charge on any atom is -0.478 e. The van der Waals surface area contributed by atoms with Gasteiger partial charge >= 0.3 is 5.97 Å². The molecule has 3 aromatic rings. The summed E-state index contributed by atoms with van der Waals surface area (Å²) in [6.45, 7) is 0. The molecule has 0 aliphatic carbocycles. The fraction of sp³-hybridized carbons (Fsp3) is 0. The summed E-state index contributed by atoms with van der Waals surface area (Å²) < 4.78 is 0.802. The number of amides is 1. The van der Waals surface area contributed by atoms with Gasteiger partial charge in [0.25, 0.3) is 5.91 Å². The molecular formula is C16H10BrNO3S2. The molecule has 0 spiro atoms. The topological polar surface area (TPSA) is 66.4 Å². The average Bonchev–Trinajstić information content (AvgIpc) is 3.17. The zero-order valence-corrected chi connectivity index (χ0v) is 14.8. The van der Waals surface area contributed by atoms with E-state index >= 15 is 0 Å². The van der Waals surface area contributed by atoms with E-state index in [0.29, 0.717) is 15.4 Å². The van der Waals surface area contributed by atoms with E-state index in [1.54, 1.807) is 22.9 Å². The number of nitrogens with one attached hydrogen (secondary N) is 1. The summed E-state index contributed by atoms with van der Waals surface area (Å²) in [6, 6.07) is 10.9. The van der Waals surface area contributed by atoms with Crippen LogP contribution in [-0.4, -0.2) is 17.0 Å². The van der Waals surface area contributed by atoms with Crippen molar-refractivity contribution >= 4 is 55.5 Å². The summed E-state index contributed by atoms with van der Waals surface area (Å²) in [7, 11) is 0. The summed E-state index contributed by atoms with van der Waals surface area (Å²) in [5, 5.41) is 16.1. The fourth-order valence-electron chi connectivity index (χ4n) is 2.11. The largest absolute Gasteiger partial charge is 0.478 e. The van der Waals surface area contributed by atoms with Crippen molar-refractivity contribution in [2.75, 3.05) is 5.32 Å². The number of benzene rings is 1. The summed E-state index contributed by atoms with van der Waals surface area (Å²) >= 11 is 5.95. The molecule has 7 heteroatoms. The van der Waals surface area contributed by atoms with Gasteiger partial charge in [0.15, 0.2) is 0 Å². The number of hydrogen-bond acceptors (Lipinski definition) is 4. The van der Waals surface area contributed by atoms with Crippen molar-refractivity contribution in [1.82, 2.24) is 0 Å². The first kappa shape index (κ1) is 15.9. The molecule has 1 amide bonds. The molecule has 0 bridgehead atoms. The van der Waals surface area contributed by atoms with Gasteiger partial charge in [-0.2, -0.15) is 0 Å². The van der Waals surface area contributed by atoms with E-state index in [2.05, 4.69) is 21.2 Å². The van der Waals surface area contributed by atoms with E-state index in [4.69, 9.17) is 0 Å². The van der Waals surface area contributed by atoms with Gasteiger partial charge in [0, 0.05) is 15.4 Å². The van der Waals surface area contributed by atoms with Crippen molar-refractivity contribution in [3.63, 3.8) is 0 Å². The number of hydrogen-bond donors (Lipinski definition) is 2. The fourth-order valence-corrected chi connectivity index (χ4v) is 4.18. The predicted octanol–water partition coefficient (Wildman–Crippen LogP) is 5.19. The minimum atomic E-state index is -1.07. The van der Waals surface area contributed by atoms with Crippen molar-refractivity contribution in [2.45, 2.75) is 0 Å². The Kier molecular flexibility index (Phi) is 4.61. The number of carboxylic acids is 1. The van der Waals surface area contributed by atoms with E-state index in [1.165, 1.54) is 22.7 Å². The van der Waals surface area contributed by atoms with Crippen LogP contribution in [0.4, 0.5) is 5.00 Å². The number of carboxylic acid groups (broad SMARTS) is 1. The molecule has 23 heavy (non-hydrogen) atoms. The molecule has 0 unspecified atom stereocenters. The summed E-state index contributed by atoms with van der Waals surface area (Å²) in [4.78, 5) is 24.4. The number of thiophene rings is 2. The third kappa shape index (κ3) is 3.21. The molecule has 2 N–H and O–H groups in total. The number of halogens is 1. The maximum atomic E-state index is 12.2. The molecule has 4 nitrogen and oxygen atoms in total. The van der Waals surface area contributed by atoms with Gasteiger partial charge in [-0.3, -0.25) is 4.79 Å². The zero-order chi connectivity index (χ0) is 16.4. The van der Waals surface area contributed by atoms with Crippen LogP contribution < -0.4 is 5.32 Å². The maximum absolute atomic E-state index is 12.2. The Balaban J connectivity index is 2.01. The summed E-state index contributed by atoms with van der Waals surface area (Å²) in [5.74, 6) is -1.37. The third-order valence-corrected chi connectivity index (χ3v) is 5.60. The summed E-state index contributed by atoms with van der Waals surface area (Å²) in [6.07, 6.45) is 0. The highest BCUT2D eigenvalue weighted by Crippen LogP contribution is 2.38. The van der Waals surface area contributed by atoms with Crippen LogP contribution in [0.3, 0.4) is 0 Å². The van der Waals surface area contributed by atoms with Crippen LogP contribution in [0.15, 0.2) is 51.6 Å². The van der Waals surface area contributed by atoms with Crippen LogP contribution in [0.2, 0.25) is 0 Å². The number of anilines is 1. The molecule has 0 aliphatic heterocycles. The van der Waals surface area contributed by atoms with Crippen molar-refractivity contribution < 1.29 is 14.7 Å². The van der Waals surface area contributed by atoms with Crippen molar-refractivity contribution in [3.8, 4) is 11.1 Å². The SMILES string of the molecule is O=C(Nc1scc(-c2ccccc2Br)c1C(=O)O)c1cccs1. The molecule has 0 radical (unpaired) electrons. The lowest BCUT2D eigenvalue weighted by molar-refractivity contribution is 0.0699. The monoisotopic (exact) mass is 407 g/mol.